The summed E-state index contributed by atoms with van der Waals surface area (Å²) in [5.41, 5.74) is 1.06. The van der Waals surface area contributed by atoms with Crippen LogP contribution in [0.5, 0.6) is 5.75 Å². The molecular formula is C14H17Cl2NO2. The SMILES string of the molecule is CC1OCCC1NC1CCOc2c(Cl)cc(Cl)cc21. The van der Waals surface area contributed by atoms with E-state index in [-0.39, 0.29) is 12.1 Å². The van der Waals surface area contributed by atoms with Gasteiger partial charge in [0.15, 0.2) is 0 Å². The van der Waals surface area contributed by atoms with Gasteiger partial charge in [-0.15, -0.1) is 0 Å². The van der Waals surface area contributed by atoms with Gasteiger partial charge in [-0.3, -0.25) is 0 Å². The van der Waals surface area contributed by atoms with Crippen LogP contribution in [0, 0.1) is 0 Å². The van der Waals surface area contributed by atoms with Crippen LogP contribution in [-0.2, 0) is 4.74 Å². The van der Waals surface area contributed by atoms with Gasteiger partial charge in [0.25, 0.3) is 0 Å². The zero-order valence-electron chi connectivity index (χ0n) is 10.8. The van der Waals surface area contributed by atoms with Gasteiger partial charge in [0, 0.05) is 35.7 Å². The summed E-state index contributed by atoms with van der Waals surface area (Å²) < 4.78 is 11.3. The number of ether oxygens (including phenoxy) is 2. The average Bonchev–Trinajstić information content (AvgIpc) is 2.76. The van der Waals surface area contributed by atoms with E-state index in [9.17, 15) is 0 Å². The molecular weight excluding hydrogens is 285 g/mol. The van der Waals surface area contributed by atoms with Crippen molar-refractivity contribution < 1.29 is 9.47 Å². The van der Waals surface area contributed by atoms with Gasteiger partial charge in [0.05, 0.1) is 17.7 Å². The molecule has 0 saturated carbocycles. The number of halogens is 2. The van der Waals surface area contributed by atoms with Crippen LogP contribution in [0.15, 0.2) is 12.1 Å². The average molecular weight is 302 g/mol. The monoisotopic (exact) mass is 301 g/mol. The lowest BCUT2D eigenvalue weighted by molar-refractivity contribution is 0.108. The van der Waals surface area contributed by atoms with Crippen molar-refractivity contribution in [1.29, 1.82) is 0 Å². The Bertz CT molecular complexity index is 481. The molecule has 0 amide bonds. The highest BCUT2D eigenvalue weighted by Crippen LogP contribution is 2.40. The standard InChI is InChI=1S/C14H17Cl2NO2/c1-8-12(2-4-18-8)17-13-3-5-19-14-10(13)6-9(15)7-11(14)16/h6-8,12-13,17H,2-5H2,1H3. The molecule has 1 aromatic rings. The summed E-state index contributed by atoms with van der Waals surface area (Å²) in [6.45, 7) is 3.61. The van der Waals surface area contributed by atoms with E-state index in [4.69, 9.17) is 32.7 Å². The molecule has 0 aromatic heterocycles. The lowest BCUT2D eigenvalue weighted by Crippen LogP contribution is -2.39. The van der Waals surface area contributed by atoms with Crippen LogP contribution in [0.3, 0.4) is 0 Å². The molecule has 3 nitrogen and oxygen atoms in total. The number of fused-ring (bicyclic) bond motifs is 1. The van der Waals surface area contributed by atoms with Crippen LogP contribution in [0.2, 0.25) is 10.0 Å². The van der Waals surface area contributed by atoms with Crippen LogP contribution in [-0.4, -0.2) is 25.4 Å². The lowest BCUT2D eigenvalue weighted by Gasteiger charge is -2.30. The van der Waals surface area contributed by atoms with E-state index in [1.165, 1.54) is 0 Å². The Morgan fingerprint density at radius 1 is 1.21 bits per heavy atom. The molecule has 1 fully saturated rings. The Kier molecular flexibility index (Phi) is 3.90. The Morgan fingerprint density at radius 3 is 2.79 bits per heavy atom. The third-order valence-corrected chi connectivity index (χ3v) is 4.36. The van der Waals surface area contributed by atoms with Gasteiger partial charge in [-0.1, -0.05) is 23.2 Å². The largest absolute Gasteiger partial charge is 0.492 e. The van der Waals surface area contributed by atoms with Gasteiger partial charge in [0.1, 0.15) is 5.75 Å². The van der Waals surface area contributed by atoms with E-state index in [1.54, 1.807) is 6.07 Å². The first kappa shape index (κ1) is 13.5. The number of hydrogen-bond donors (Lipinski definition) is 1. The first-order chi connectivity index (χ1) is 9.15. The fourth-order valence-electron chi connectivity index (χ4n) is 2.81. The van der Waals surface area contributed by atoms with Crippen molar-refractivity contribution in [2.75, 3.05) is 13.2 Å². The van der Waals surface area contributed by atoms with Crippen molar-refractivity contribution in [2.45, 2.75) is 38.0 Å². The molecule has 1 N–H and O–H groups in total. The second kappa shape index (κ2) is 5.49. The summed E-state index contributed by atoms with van der Waals surface area (Å²) in [6, 6.07) is 4.29. The number of nitrogens with one attached hydrogen (secondary N) is 1. The maximum atomic E-state index is 6.20. The number of hydrogen-bond acceptors (Lipinski definition) is 3. The van der Waals surface area contributed by atoms with E-state index < -0.39 is 0 Å². The molecule has 0 bridgehead atoms. The molecule has 3 rings (SSSR count). The summed E-state index contributed by atoms with van der Waals surface area (Å²) in [5.74, 6) is 0.765. The van der Waals surface area contributed by atoms with Gasteiger partial charge in [-0.2, -0.15) is 0 Å². The zero-order valence-corrected chi connectivity index (χ0v) is 12.3. The molecule has 5 heteroatoms. The summed E-state index contributed by atoms with van der Waals surface area (Å²) >= 11 is 12.3. The van der Waals surface area contributed by atoms with E-state index in [1.807, 2.05) is 6.07 Å². The topological polar surface area (TPSA) is 30.5 Å². The molecule has 104 valence electrons. The third-order valence-electron chi connectivity index (χ3n) is 3.86. The first-order valence-electron chi connectivity index (χ1n) is 6.64. The van der Waals surface area contributed by atoms with Crippen LogP contribution in [0.1, 0.15) is 31.4 Å². The Hall–Kier alpha value is -0.480. The van der Waals surface area contributed by atoms with Crippen molar-refractivity contribution in [1.82, 2.24) is 5.32 Å². The maximum absolute atomic E-state index is 6.20. The van der Waals surface area contributed by atoms with Gasteiger partial charge in [-0.05, 0) is 25.5 Å². The Morgan fingerprint density at radius 2 is 2.05 bits per heavy atom. The Balaban J connectivity index is 1.85. The molecule has 2 heterocycles. The fourth-order valence-corrected chi connectivity index (χ4v) is 3.37. The predicted octanol–water partition coefficient (Wildman–Crippen LogP) is 3.58. The molecule has 19 heavy (non-hydrogen) atoms. The molecule has 0 spiro atoms. The minimum Gasteiger partial charge on any atom is -0.492 e. The number of rotatable bonds is 2. The second-order valence-corrected chi connectivity index (χ2v) is 5.98. The van der Waals surface area contributed by atoms with E-state index in [0.717, 1.165) is 30.8 Å². The van der Waals surface area contributed by atoms with Crippen LogP contribution in [0.25, 0.3) is 0 Å². The third kappa shape index (κ3) is 2.70. The minimum atomic E-state index is 0.231. The van der Waals surface area contributed by atoms with Crippen molar-refractivity contribution in [3.8, 4) is 5.75 Å². The Labute approximate surface area is 123 Å². The maximum Gasteiger partial charge on any atom is 0.142 e. The van der Waals surface area contributed by atoms with E-state index in [0.29, 0.717) is 22.7 Å². The molecule has 0 radical (unpaired) electrons. The summed E-state index contributed by atoms with van der Waals surface area (Å²) in [6.07, 6.45) is 2.22. The zero-order chi connectivity index (χ0) is 13.4. The highest BCUT2D eigenvalue weighted by atomic mass is 35.5. The normalized spacial score (nSPS) is 29.9. The minimum absolute atomic E-state index is 0.231. The first-order valence-corrected chi connectivity index (χ1v) is 7.40. The molecule has 2 aliphatic rings. The van der Waals surface area contributed by atoms with Crippen molar-refractivity contribution in [2.24, 2.45) is 0 Å². The molecule has 2 aliphatic heterocycles. The van der Waals surface area contributed by atoms with E-state index in [2.05, 4.69) is 12.2 Å². The highest BCUT2D eigenvalue weighted by molar-refractivity contribution is 6.35. The molecule has 3 unspecified atom stereocenters. The second-order valence-electron chi connectivity index (χ2n) is 5.13. The van der Waals surface area contributed by atoms with Crippen molar-refractivity contribution in [3.63, 3.8) is 0 Å². The summed E-state index contributed by atoms with van der Waals surface area (Å²) in [7, 11) is 0. The van der Waals surface area contributed by atoms with Gasteiger partial charge in [0.2, 0.25) is 0 Å². The van der Waals surface area contributed by atoms with Crippen molar-refractivity contribution in [3.05, 3.63) is 27.7 Å². The fraction of sp³-hybridized carbons (Fsp3) is 0.571. The van der Waals surface area contributed by atoms with Gasteiger partial charge < -0.3 is 14.8 Å². The van der Waals surface area contributed by atoms with Gasteiger partial charge in [-0.25, -0.2) is 0 Å². The highest BCUT2D eigenvalue weighted by Gasteiger charge is 2.30. The predicted molar refractivity (Wildman–Crippen MR) is 76.3 cm³/mol. The quantitative estimate of drug-likeness (QED) is 0.905. The number of benzene rings is 1. The van der Waals surface area contributed by atoms with Crippen LogP contribution in [0.4, 0.5) is 0 Å². The summed E-state index contributed by atoms with van der Waals surface area (Å²) in [4.78, 5) is 0. The van der Waals surface area contributed by atoms with Crippen molar-refractivity contribution >= 4 is 23.2 Å². The van der Waals surface area contributed by atoms with Crippen LogP contribution < -0.4 is 10.1 Å². The smallest absolute Gasteiger partial charge is 0.142 e. The van der Waals surface area contributed by atoms with Gasteiger partial charge >= 0.3 is 0 Å². The lowest BCUT2D eigenvalue weighted by atomic mass is 9.98. The summed E-state index contributed by atoms with van der Waals surface area (Å²) in [5, 5.41) is 4.89. The van der Waals surface area contributed by atoms with Crippen LogP contribution >= 0.6 is 23.2 Å². The molecule has 3 atom stereocenters. The molecule has 1 aromatic carbocycles. The van der Waals surface area contributed by atoms with E-state index >= 15 is 0 Å². The molecule has 1 saturated heterocycles. The molecule has 0 aliphatic carbocycles.